The first-order valence-electron chi connectivity index (χ1n) is 51.9. The Bertz CT molecular complexity index is 6460. The summed E-state index contributed by atoms with van der Waals surface area (Å²) in [5.41, 5.74) is 22.0. The second kappa shape index (κ2) is 48.5. The molecule has 0 bridgehead atoms. The van der Waals surface area contributed by atoms with Crippen LogP contribution in [0.3, 0.4) is 0 Å². The van der Waals surface area contributed by atoms with Gasteiger partial charge in [-0.2, -0.15) is 9.15 Å². The minimum absolute atomic E-state index is 0.000576. The molecule has 0 N–H and O–H groups in total. The number of aryl methyl sites for hydroxylation is 15. The lowest BCUT2D eigenvalue weighted by Crippen LogP contribution is -2.32. The number of alkyl halides is 1. The highest BCUT2D eigenvalue weighted by atomic mass is 19.1. The van der Waals surface area contributed by atoms with Crippen LogP contribution in [0.4, 0.5) is 27.1 Å². The van der Waals surface area contributed by atoms with Gasteiger partial charge in [0.15, 0.2) is 11.4 Å². The molecule has 146 heavy (non-hydrogen) atoms. The van der Waals surface area contributed by atoms with Crippen molar-refractivity contribution in [2.24, 2.45) is 10.8 Å². The first kappa shape index (κ1) is 106. The predicted octanol–water partition coefficient (Wildman–Crippen LogP) is 18.0. The molecule has 17 rings (SSSR count). The Morgan fingerprint density at radius 2 is 0.671 bits per heavy atom. The number of para-hydroxylation sites is 4. The summed E-state index contributed by atoms with van der Waals surface area (Å²) in [6.45, 7) is 39.8. The van der Waals surface area contributed by atoms with Crippen LogP contribution in [0.2, 0.25) is 0 Å². The van der Waals surface area contributed by atoms with Crippen molar-refractivity contribution < 1.29 is 38.9 Å². The molecule has 1 fully saturated rings. The summed E-state index contributed by atoms with van der Waals surface area (Å²) < 4.78 is 35.5. The number of aromatic nitrogens is 24. The van der Waals surface area contributed by atoms with Crippen molar-refractivity contribution in [1.82, 2.24) is 125 Å². The van der Waals surface area contributed by atoms with E-state index in [1.165, 1.54) is 67.8 Å². The normalized spacial score (nSPS) is 16.1. The van der Waals surface area contributed by atoms with E-state index in [-0.39, 0.29) is 64.0 Å². The maximum Gasteiger partial charge on any atom is 0.333 e. The van der Waals surface area contributed by atoms with Crippen LogP contribution in [0.15, 0.2) is 219 Å². The summed E-state index contributed by atoms with van der Waals surface area (Å²) in [5, 5.41) is 69.0. The number of hydrogen-bond donors (Lipinski definition) is 0. The smallest absolute Gasteiger partial charge is 0.333 e. The molecule has 0 atom stereocenters. The van der Waals surface area contributed by atoms with Gasteiger partial charge in [0.2, 0.25) is 11.4 Å². The number of nitrogens with zero attached hydrogens (tertiary/aromatic N) is 29. The van der Waals surface area contributed by atoms with Gasteiger partial charge >= 0.3 is 5.97 Å². The fourth-order valence-electron chi connectivity index (χ4n) is 21.0. The lowest BCUT2D eigenvalue weighted by atomic mass is 9.75. The fraction of sp³-hybridized carbons (Fsp3) is 0.477. The molecule has 5 aliphatic heterocycles. The number of imide groups is 1. The van der Waals surface area contributed by atoms with E-state index in [0.29, 0.717) is 30.1 Å². The highest BCUT2D eigenvalue weighted by molar-refractivity contribution is 6.04. The van der Waals surface area contributed by atoms with Gasteiger partial charge in [0.25, 0.3) is 11.8 Å². The molecule has 13 heterocycles. The largest absolute Gasteiger partial charge is 0.344 e. The average Bonchev–Trinajstić information content (AvgIpc) is 1.59. The lowest BCUT2D eigenvalue weighted by Gasteiger charge is -2.34. The molecule has 12 aromatic rings. The standard InChI is InChI=1S/C53H69N14O.C36H42N3O4.C21H32N12.CH3F/c1-40-36-63(58-54-40)31-26-53(27-32-64-37-41(2)55-59-64,28-33-65-38-42(3)56-60-65)29-34-66-39-43(57-61-66)35-44(68)19-11-10-18-30-67-48-23-17-15-21-46(48)52(6,7)50(67)25-13-9-12-24-49-51(4,5)45-20-14-16-22-47(45)62(49)8;1-35(2)26-16-11-13-18-28(26)37(5)30(35)20-8-6-9-21-31-36(3,4)27-17-12-14-19-29(27)38(31)25-15-7-10-22-34(42)43-39-32(40)23-24-33(39)41;1-17-13-30(26-22-17)9-5-21(6-10-31-14-18(2)23-27-31,7-11-32-15-19(3)24-28-32)8-12-33-16-20(4)25-29-33;1-2/h9,12-17,20-25,36-39H,10-11,18-19,26-35H2,1-8H3;6,8-9,11-14,16-21H,7,10,15,22-25H2,1-5H3;13-16H,5-12H2,1-4H3;1H3/q2*+1;;/i;;;1D. The lowest BCUT2D eigenvalue weighted by molar-refractivity contribution is -0.401. The van der Waals surface area contributed by atoms with Crippen LogP contribution in [0.5, 0.6) is 0 Å². The SMILES string of the molecule is C[N+]1=C(C=CC=CC=C2N(CCCCCC(=O)ON3C(=O)CCC3=O)c3ccccc3C2(C)C)C(C)(C)c2ccccc21.Cc1cn(CCC(CCn2cc(C)nn2)(CCn2cc(C)nn2)CCn2cc(C)nn2)nn1.Cc1cn(CCC(CCn2cc(C)nn2)(CCn2cc(C)nn2)CCn2cc(CC(=O)CCCCCN3C(=CC=CC=CC4=[N+](C)c5ccccc5C4(C)C)C(C)(C)c4ccccc43)nn2)nn1.[2H]CF. The Hall–Kier alpha value is -14.4. The Morgan fingerprint density at radius 1 is 0.377 bits per heavy atom. The first-order valence-corrected chi connectivity index (χ1v) is 51.2. The highest BCUT2D eigenvalue weighted by Crippen LogP contribution is 2.50. The van der Waals surface area contributed by atoms with Crippen molar-refractivity contribution in [1.29, 1.82) is 0 Å². The zero-order valence-electron chi connectivity index (χ0n) is 89.2. The van der Waals surface area contributed by atoms with E-state index >= 15 is 0 Å². The minimum atomic E-state index is -1.00. The van der Waals surface area contributed by atoms with Gasteiger partial charge in [-0.3, -0.25) is 56.2 Å². The van der Waals surface area contributed by atoms with Crippen molar-refractivity contribution in [2.45, 2.75) is 300 Å². The van der Waals surface area contributed by atoms with Crippen LogP contribution in [0, 0.1) is 59.3 Å². The maximum atomic E-state index is 13.3. The Morgan fingerprint density at radius 3 is 0.986 bits per heavy atom. The molecular weight excluding hydrogens is 1840 g/mol. The molecule has 0 aliphatic carbocycles. The molecule has 0 radical (unpaired) electrons. The molecule has 0 spiro atoms. The second-order valence-electron chi connectivity index (χ2n) is 41.6. The third-order valence-corrected chi connectivity index (χ3v) is 29.2. The van der Waals surface area contributed by atoms with Crippen LogP contribution >= 0.6 is 0 Å². The molecule has 0 unspecified atom stereocenters. The number of benzene rings is 4. The number of rotatable bonds is 45. The predicted molar refractivity (Wildman–Crippen MR) is 562 cm³/mol. The molecule has 2 amide bonds. The number of carbonyl (C=O) groups is 4. The monoisotopic (exact) mass is 1990 g/mol. The molecule has 1 saturated heterocycles. The number of hydrogen-bond acceptors (Lipinski definition) is 23. The molecule has 770 valence electrons. The van der Waals surface area contributed by atoms with E-state index < -0.39 is 24.9 Å². The molecular formula is C111H146FN29O5+2. The number of Topliss-reactive ketones (excluding diaryl/α,β-unsaturated/α-hetero) is 1. The molecule has 34 nitrogen and oxygen atoms in total. The fourth-order valence-corrected chi connectivity index (χ4v) is 21.0. The van der Waals surface area contributed by atoms with Gasteiger partial charge in [-0.25, -0.2) is 4.79 Å². The zero-order chi connectivity index (χ0) is 105. The van der Waals surface area contributed by atoms with Gasteiger partial charge < -0.3 is 14.6 Å². The van der Waals surface area contributed by atoms with E-state index in [1.807, 2.05) is 135 Å². The highest BCUT2D eigenvalue weighted by Gasteiger charge is 2.46. The van der Waals surface area contributed by atoms with Crippen LogP contribution in [-0.2, 0) is 104 Å². The number of amides is 2. The van der Waals surface area contributed by atoms with E-state index in [1.54, 1.807) is 0 Å². The summed E-state index contributed by atoms with van der Waals surface area (Å²) >= 11 is 0. The molecule has 35 heteroatoms. The number of ketones is 1. The number of carbonyl (C=O) groups excluding carboxylic acids is 4. The topological polar surface area (TPSA) is 339 Å². The van der Waals surface area contributed by atoms with Gasteiger partial charge in [0.1, 0.15) is 19.9 Å². The van der Waals surface area contributed by atoms with Crippen LogP contribution in [-0.4, -0.2) is 203 Å². The van der Waals surface area contributed by atoms with Crippen LogP contribution in [0.1, 0.15) is 240 Å². The van der Waals surface area contributed by atoms with Crippen molar-refractivity contribution in [2.75, 3.05) is 44.1 Å². The summed E-state index contributed by atoms with van der Waals surface area (Å²) in [6, 6.07) is 34.6. The maximum absolute atomic E-state index is 13.3. The summed E-state index contributed by atoms with van der Waals surface area (Å²) in [7, 11) is 3.29. The number of fused-ring (bicyclic) bond motifs is 4. The Kier molecular flexibility index (Phi) is 35.2. The van der Waals surface area contributed by atoms with Gasteiger partial charge in [-0.05, 0) is 199 Å². The van der Waals surface area contributed by atoms with Gasteiger partial charge in [-0.1, -0.05) is 191 Å². The van der Waals surface area contributed by atoms with E-state index in [0.717, 1.165) is 182 Å². The third kappa shape index (κ3) is 26.8. The summed E-state index contributed by atoms with van der Waals surface area (Å²) in [6.07, 6.45) is 51.3. The summed E-state index contributed by atoms with van der Waals surface area (Å²) in [4.78, 5) is 58.8. The number of unbranched alkanes of at least 4 members (excludes halogenated alkanes) is 4. The number of anilines is 2. The van der Waals surface area contributed by atoms with Crippen molar-refractivity contribution in [3.63, 3.8) is 0 Å². The van der Waals surface area contributed by atoms with E-state index in [9.17, 15) is 23.6 Å². The van der Waals surface area contributed by atoms with Crippen LogP contribution in [0.25, 0.3) is 0 Å². The van der Waals surface area contributed by atoms with Gasteiger partial charge in [-0.15, -0.1) is 45.9 Å². The van der Waals surface area contributed by atoms with Crippen molar-refractivity contribution in [3.8, 4) is 0 Å². The molecule has 0 saturated carbocycles. The molecule has 5 aliphatic rings. The van der Waals surface area contributed by atoms with Gasteiger partial charge in [0, 0.05) is 210 Å². The van der Waals surface area contributed by atoms with Crippen molar-refractivity contribution in [3.05, 3.63) is 287 Å². The van der Waals surface area contributed by atoms with E-state index in [2.05, 4.69) is 329 Å². The average molecular weight is 1990 g/mol. The number of hydroxylamine groups is 2. The van der Waals surface area contributed by atoms with Crippen LogP contribution < -0.4 is 9.80 Å². The first-order chi connectivity index (χ1) is 70.5. The summed E-state index contributed by atoms with van der Waals surface area (Å²) in [5.74, 6) is -1.24. The van der Waals surface area contributed by atoms with E-state index in [4.69, 9.17) is 6.21 Å². The Labute approximate surface area is 858 Å². The Balaban J connectivity index is 0.000000185. The minimum Gasteiger partial charge on any atom is -0.344 e. The zero-order valence-corrected chi connectivity index (χ0v) is 88.2. The molecule has 8 aromatic heterocycles. The number of halogens is 1. The second-order valence-corrected chi connectivity index (χ2v) is 41.6. The van der Waals surface area contributed by atoms with Gasteiger partial charge in [0.05, 0.1) is 71.3 Å². The number of allylic oxidation sites excluding steroid dienone is 12. The van der Waals surface area contributed by atoms with Crippen molar-refractivity contribution >= 4 is 57.7 Å². The third-order valence-electron chi connectivity index (χ3n) is 29.2. The quantitative estimate of drug-likeness (QED) is 0.0148. The molecule has 4 aromatic carbocycles.